The van der Waals surface area contributed by atoms with Crippen molar-refractivity contribution in [1.82, 2.24) is 5.32 Å². The quantitative estimate of drug-likeness (QED) is 0.703. The van der Waals surface area contributed by atoms with Crippen LogP contribution in [-0.2, 0) is 0 Å². The van der Waals surface area contributed by atoms with Crippen LogP contribution in [0.2, 0.25) is 0 Å². The van der Waals surface area contributed by atoms with Gasteiger partial charge in [-0.25, -0.2) is 0 Å². The van der Waals surface area contributed by atoms with E-state index in [1.54, 1.807) is 0 Å². The van der Waals surface area contributed by atoms with Crippen LogP contribution in [0.1, 0.15) is 65.2 Å². The summed E-state index contributed by atoms with van der Waals surface area (Å²) in [6.45, 7) is 6.02. The van der Waals surface area contributed by atoms with Gasteiger partial charge in [0.2, 0.25) is 0 Å². The van der Waals surface area contributed by atoms with E-state index in [9.17, 15) is 0 Å². The lowest BCUT2D eigenvalue weighted by atomic mass is 9.83. The van der Waals surface area contributed by atoms with Crippen molar-refractivity contribution in [2.75, 3.05) is 6.54 Å². The molecule has 0 aliphatic heterocycles. The summed E-state index contributed by atoms with van der Waals surface area (Å²) in [4.78, 5) is 0. The van der Waals surface area contributed by atoms with Gasteiger partial charge in [0.05, 0.1) is 0 Å². The summed E-state index contributed by atoms with van der Waals surface area (Å²) in [6.07, 6.45) is 11.6. The molecule has 1 heteroatoms. The predicted molar refractivity (Wildman–Crippen MR) is 66.0 cm³/mol. The van der Waals surface area contributed by atoms with Crippen LogP contribution in [0.25, 0.3) is 0 Å². The number of hydrogen-bond donors (Lipinski definition) is 1. The summed E-state index contributed by atoms with van der Waals surface area (Å²) in [6, 6.07) is 0.751. The van der Waals surface area contributed by atoms with E-state index < -0.39 is 0 Å². The first-order valence-corrected chi connectivity index (χ1v) is 6.97. The summed E-state index contributed by atoms with van der Waals surface area (Å²) < 4.78 is 0. The van der Waals surface area contributed by atoms with Crippen LogP contribution in [-0.4, -0.2) is 12.6 Å². The Hall–Kier alpha value is -0.0400. The van der Waals surface area contributed by atoms with Gasteiger partial charge in [0.1, 0.15) is 0 Å². The minimum absolute atomic E-state index is 0.664. The minimum atomic E-state index is 0.664. The standard InChI is InChI=1S/C14H27N/c1-3-14(8-4-5-9-14)11-15-12(2)10-13-6-7-13/h12-13,15H,3-11H2,1-2H3. The van der Waals surface area contributed by atoms with Gasteiger partial charge in [-0.1, -0.05) is 32.6 Å². The van der Waals surface area contributed by atoms with Gasteiger partial charge >= 0.3 is 0 Å². The van der Waals surface area contributed by atoms with E-state index in [0.717, 1.165) is 12.0 Å². The van der Waals surface area contributed by atoms with Crippen molar-refractivity contribution < 1.29 is 0 Å². The second-order valence-corrected chi connectivity index (χ2v) is 6.02. The molecule has 1 atom stereocenters. The van der Waals surface area contributed by atoms with Crippen molar-refractivity contribution in [2.24, 2.45) is 11.3 Å². The summed E-state index contributed by atoms with van der Waals surface area (Å²) >= 11 is 0. The van der Waals surface area contributed by atoms with E-state index in [1.807, 2.05) is 0 Å². The molecule has 0 radical (unpaired) electrons. The molecule has 1 N–H and O–H groups in total. The molecule has 0 spiro atoms. The van der Waals surface area contributed by atoms with E-state index in [4.69, 9.17) is 0 Å². The molecule has 0 saturated heterocycles. The van der Waals surface area contributed by atoms with Crippen LogP contribution in [0.4, 0.5) is 0 Å². The summed E-state index contributed by atoms with van der Waals surface area (Å²) in [7, 11) is 0. The lowest BCUT2D eigenvalue weighted by Gasteiger charge is -2.29. The summed E-state index contributed by atoms with van der Waals surface area (Å²) in [5.41, 5.74) is 0.664. The molecule has 2 aliphatic carbocycles. The SMILES string of the molecule is CCC1(CNC(C)CC2CC2)CCCC1. The first-order valence-electron chi connectivity index (χ1n) is 6.97. The third kappa shape index (κ3) is 3.21. The molecule has 88 valence electrons. The number of hydrogen-bond acceptors (Lipinski definition) is 1. The van der Waals surface area contributed by atoms with E-state index in [1.165, 1.54) is 57.9 Å². The highest BCUT2D eigenvalue weighted by Gasteiger charge is 2.32. The van der Waals surface area contributed by atoms with Crippen molar-refractivity contribution in [1.29, 1.82) is 0 Å². The fourth-order valence-corrected chi connectivity index (χ4v) is 3.11. The van der Waals surface area contributed by atoms with E-state index in [0.29, 0.717) is 5.41 Å². The Bertz CT molecular complexity index is 190. The van der Waals surface area contributed by atoms with E-state index in [-0.39, 0.29) is 0 Å². The molecule has 1 nitrogen and oxygen atoms in total. The van der Waals surface area contributed by atoms with Crippen LogP contribution in [0.15, 0.2) is 0 Å². The van der Waals surface area contributed by atoms with Crippen LogP contribution >= 0.6 is 0 Å². The zero-order valence-corrected chi connectivity index (χ0v) is 10.5. The lowest BCUT2D eigenvalue weighted by molar-refractivity contribution is 0.254. The maximum atomic E-state index is 3.79. The Labute approximate surface area is 95.0 Å². The highest BCUT2D eigenvalue weighted by molar-refractivity contribution is 4.87. The molecule has 15 heavy (non-hydrogen) atoms. The fraction of sp³-hybridized carbons (Fsp3) is 1.00. The molecule has 0 amide bonds. The molecular formula is C14H27N. The first kappa shape index (κ1) is 11.4. The van der Waals surface area contributed by atoms with Crippen molar-refractivity contribution in [3.05, 3.63) is 0 Å². The molecule has 1 unspecified atom stereocenters. The van der Waals surface area contributed by atoms with Crippen LogP contribution < -0.4 is 5.32 Å². The fourth-order valence-electron chi connectivity index (χ4n) is 3.11. The summed E-state index contributed by atoms with van der Waals surface area (Å²) in [5, 5.41) is 3.79. The smallest absolute Gasteiger partial charge is 0.00415 e. The zero-order chi connectivity index (χ0) is 10.7. The van der Waals surface area contributed by atoms with Gasteiger partial charge in [-0.05, 0) is 43.9 Å². The van der Waals surface area contributed by atoms with Crippen molar-refractivity contribution in [2.45, 2.75) is 71.3 Å². The molecule has 0 bridgehead atoms. The van der Waals surface area contributed by atoms with Gasteiger partial charge in [0.25, 0.3) is 0 Å². The molecule has 0 aromatic carbocycles. The molecule has 0 heterocycles. The third-order valence-electron chi connectivity index (χ3n) is 4.62. The molecule has 2 saturated carbocycles. The number of rotatable bonds is 6. The zero-order valence-electron chi connectivity index (χ0n) is 10.5. The lowest BCUT2D eigenvalue weighted by Crippen LogP contribution is -2.37. The average molecular weight is 209 g/mol. The van der Waals surface area contributed by atoms with Crippen LogP contribution in [0.3, 0.4) is 0 Å². The second kappa shape index (κ2) is 4.86. The van der Waals surface area contributed by atoms with E-state index >= 15 is 0 Å². The topological polar surface area (TPSA) is 12.0 Å². The van der Waals surface area contributed by atoms with E-state index in [2.05, 4.69) is 19.2 Å². The van der Waals surface area contributed by atoms with Gasteiger partial charge < -0.3 is 5.32 Å². The Morgan fingerprint density at radius 3 is 2.47 bits per heavy atom. The Morgan fingerprint density at radius 1 is 1.27 bits per heavy atom. The molecule has 2 aliphatic rings. The minimum Gasteiger partial charge on any atom is -0.314 e. The van der Waals surface area contributed by atoms with Crippen molar-refractivity contribution >= 4 is 0 Å². The maximum Gasteiger partial charge on any atom is 0.00415 e. The molecule has 2 fully saturated rings. The predicted octanol–water partition coefficient (Wildman–Crippen LogP) is 3.74. The Balaban J connectivity index is 1.69. The Kier molecular flexibility index (Phi) is 3.71. The van der Waals surface area contributed by atoms with Gasteiger partial charge in [0, 0.05) is 12.6 Å². The molecule has 2 rings (SSSR count). The third-order valence-corrected chi connectivity index (χ3v) is 4.62. The monoisotopic (exact) mass is 209 g/mol. The highest BCUT2D eigenvalue weighted by Crippen LogP contribution is 2.40. The first-order chi connectivity index (χ1) is 7.24. The molecule has 0 aromatic rings. The van der Waals surface area contributed by atoms with Crippen LogP contribution in [0.5, 0.6) is 0 Å². The largest absolute Gasteiger partial charge is 0.314 e. The van der Waals surface area contributed by atoms with Gasteiger partial charge in [0.15, 0.2) is 0 Å². The maximum absolute atomic E-state index is 3.79. The number of nitrogens with one attached hydrogen (secondary N) is 1. The molecule has 0 aromatic heterocycles. The van der Waals surface area contributed by atoms with Crippen molar-refractivity contribution in [3.8, 4) is 0 Å². The highest BCUT2D eigenvalue weighted by atomic mass is 14.9. The van der Waals surface area contributed by atoms with Gasteiger partial charge in [-0.3, -0.25) is 0 Å². The average Bonchev–Trinajstić information content (AvgIpc) is 2.93. The molecular weight excluding hydrogens is 182 g/mol. The van der Waals surface area contributed by atoms with Gasteiger partial charge in [-0.2, -0.15) is 0 Å². The summed E-state index contributed by atoms with van der Waals surface area (Å²) in [5.74, 6) is 1.06. The van der Waals surface area contributed by atoms with Crippen molar-refractivity contribution in [3.63, 3.8) is 0 Å². The van der Waals surface area contributed by atoms with Crippen LogP contribution in [0, 0.1) is 11.3 Å². The Morgan fingerprint density at radius 2 is 1.93 bits per heavy atom. The normalized spacial score (nSPS) is 26.8. The second-order valence-electron chi connectivity index (χ2n) is 6.02. The van der Waals surface area contributed by atoms with Gasteiger partial charge in [-0.15, -0.1) is 0 Å².